The molecule has 0 fully saturated rings. The highest BCUT2D eigenvalue weighted by molar-refractivity contribution is 6.07. The first kappa shape index (κ1) is 21.3. The number of carbonyl (C=O) groups is 2. The van der Waals surface area contributed by atoms with Gasteiger partial charge in [0.2, 0.25) is 0 Å². The Balaban J connectivity index is 1.50. The van der Waals surface area contributed by atoms with E-state index in [1.54, 1.807) is 42.5 Å². The Labute approximate surface area is 197 Å². The van der Waals surface area contributed by atoms with Gasteiger partial charge in [-0.25, -0.2) is 9.80 Å². The predicted molar refractivity (Wildman–Crippen MR) is 131 cm³/mol. The third kappa shape index (κ3) is 4.36. The van der Waals surface area contributed by atoms with Gasteiger partial charge in [-0.05, 0) is 42.0 Å². The largest absolute Gasteiger partial charge is 0.422 e. The zero-order valence-electron chi connectivity index (χ0n) is 18.4. The van der Waals surface area contributed by atoms with Gasteiger partial charge >= 0.3 is 5.97 Å². The number of rotatable bonds is 5. The topological polar surface area (TPSA) is 59.0 Å². The van der Waals surface area contributed by atoms with Crippen LogP contribution in [0.25, 0.3) is 0 Å². The number of esters is 1. The SMILES string of the molecule is O=C(Oc1ccccc1C1=NN(C(=O)c2ccccc2)C(c2ccccc2)C1)c1ccccc1. The summed E-state index contributed by atoms with van der Waals surface area (Å²) < 4.78 is 5.74. The highest BCUT2D eigenvalue weighted by atomic mass is 16.5. The third-order valence-electron chi connectivity index (χ3n) is 5.73. The monoisotopic (exact) mass is 446 g/mol. The van der Waals surface area contributed by atoms with Crippen LogP contribution in [0.2, 0.25) is 0 Å². The van der Waals surface area contributed by atoms with Crippen LogP contribution in [0, 0.1) is 0 Å². The molecule has 1 amide bonds. The maximum absolute atomic E-state index is 13.4. The molecule has 5 heteroatoms. The number of benzene rings is 4. The van der Waals surface area contributed by atoms with E-state index in [0.717, 1.165) is 5.56 Å². The lowest BCUT2D eigenvalue weighted by molar-refractivity contribution is 0.0708. The summed E-state index contributed by atoms with van der Waals surface area (Å²) in [5.41, 5.74) is 3.40. The number of amides is 1. The van der Waals surface area contributed by atoms with Crippen molar-refractivity contribution in [3.63, 3.8) is 0 Å². The summed E-state index contributed by atoms with van der Waals surface area (Å²) >= 11 is 0. The van der Waals surface area contributed by atoms with Gasteiger partial charge in [-0.2, -0.15) is 5.10 Å². The fourth-order valence-corrected chi connectivity index (χ4v) is 4.04. The van der Waals surface area contributed by atoms with Gasteiger partial charge in [0, 0.05) is 17.5 Å². The first-order valence-electron chi connectivity index (χ1n) is 11.1. The van der Waals surface area contributed by atoms with Crippen molar-refractivity contribution in [1.29, 1.82) is 0 Å². The van der Waals surface area contributed by atoms with E-state index in [0.29, 0.717) is 34.6 Å². The Morgan fingerprint density at radius 2 is 1.26 bits per heavy atom. The van der Waals surface area contributed by atoms with Gasteiger partial charge in [-0.3, -0.25) is 4.79 Å². The van der Waals surface area contributed by atoms with Crippen LogP contribution >= 0.6 is 0 Å². The Hall–Kier alpha value is -4.51. The molecule has 34 heavy (non-hydrogen) atoms. The fraction of sp³-hybridized carbons (Fsp3) is 0.0690. The molecule has 1 heterocycles. The van der Waals surface area contributed by atoms with Crippen molar-refractivity contribution in [3.05, 3.63) is 138 Å². The van der Waals surface area contributed by atoms with Gasteiger partial charge in [-0.15, -0.1) is 0 Å². The maximum atomic E-state index is 13.4. The fourth-order valence-electron chi connectivity index (χ4n) is 4.04. The molecule has 1 aliphatic rings. The standard InChI is InChI=1S/C29H22N2O3/c32-28(22-14-6-2-7-15-22)31-26(21-12-4-1-5-13-21)20-25(30-31)24-18-10-11-19-27(24)34-29(33)23-16-8-3-9-17-23/h1-19,26H,20H2. The van der Waals surface area contributed by atoms with Crippen LogP contribution in [0.3, 0.4) is 0 Å². The van der Waals surface area contributed by atoms with Crippen LogP contribution in [-0.2, 0) is 0 Å². The number of ether oxygens (including phenoxy) is 1. The van der Waals surface area contributed by atoms with Crippen molar-refractivity contribution in [3.8, 4) is 5.75 Å². The molecule has 5 nitrogen and oxygen atoms in total. The molecular formula is C29H22N2O3. The van der Waals surface area contributed by atoms with Crippen molar-refractivity contribution >= 4 is 17.6 Å². The number of hydrogen-bond acceptors (Lipinski definition) is 4. The van der Waals surface area contributed by atoms with E-state index in [9.17, 15) is 9.59 Å². The maximum Gasteiger partial charge on any atom is 0.343 e. The van der Waals surface area contributed by atoms with Gasteiger partial charge in [0.15, 0.2) is 0 Å². The lowest BCUT2D eigenvalue weighted by atomic mass is 9.97. The first-order valence-corrected chi connectivity index (χ1v) is 11.1. The van der Waals surface area contributed by atoms with Gasteiger partial charge in [0.25, 0.3) is 5.91 Å². The molecule has 0 aliphatic carbocycles. The Bertz CT molecular complexity index is 1340. The minimum absolute atomic E-state index is 0.178. The Kier molecular flexibility index (Phi) is 5.99. The number of nitrogens with zero attached hydrogens (tertiary/aromatic N) is 2. The van der Waals surface area contributed by atoms with Crippen LogP contribution in [-0.4, -0.2) is 22.6 Å². The third-order valence-corrected chi connectivity index (χ3v) is 5.73. The molecule has 0 N–H and O–H groups in total. The molecule has 4 aromatic rings. The normalized spacial score (nSPS) is 15.0. The average molecular weight is 447 g/mol. The highest BCUT2D eigenvalue weighted by Gasteiger charge is 2.34. The molecule has 166 valence electrons. The van der Waals surface area contributed by atoms with E-state index in [1.807, 2.05) is 72.8 Å². The van der Waals surface area contributed by atoms with Crippen molar-refractivity contribution in [2.24, 2.45) is 5.10 Å². The smallest absolute Gasteiger partial charge is 0.343 e. The number of hydrogen-bond donors (Lipinski definition) is 0. The van der Waals surface area contributed by atoms with E-state index >= 15 is 0 Å². The molecule has 1 unspecified atom stereocenters. The lowest BCUT2D eigenvalue weighted by Crippen LogP contribution is -2.27. The molecule has 1 atom stereocenters. The van der Waals surface area contributed by atoms with Crippen molar-refractivity contribution < 1.29 is 14.3 Å². The summed E-state index contributed by atoms with van der Waals surface area (Å²) in [6.45, 7) is 0. The predicted octanol–water partition coefficient (Wildman–Crippen LogP) is 5.90. The second kappa shape index (κ2) is 9.55. The molecule has 0 radical (unpaired) electrons. The van der Waals surface area contributed by atoms with Crippen molar-refractivity contribution in [2.45, 2.75) is 12.5 Å². The van der Waals surface area contributed by atoms with E-state index in [1.165, 1.54) is 5.01 Å². The second-order valence-electron chi connectivity index (χ2n) is 7.94. The summed E-state index contributed by atoms with van der Waals surface area (Å²) in [4.78, 5) is 26.1. The molecule has 1 aliphatic heterocycles. The molecule has 5 rings (SSSR count). The highest BCUT2D eigenvalue weighted by Crippen LogP contribution is 2.36. The zero-order valence-corrected chi connectivity index (χ0v) is 18.4. The molecule has 4 aromatic carbocycles. The molecule has 0 saturated heterocycles. The lowest BCUT2D eigenvalue weighted by Gasteiger charge is -2.22. The quantitative estimate of drug-likeness (QED) is 0.283. The number of hydrazone groups is 1. The summed E-state index contributed by atoms with van der Waals surface area (Å²) in [6, 6.07) is 34.9. The number of para-hydroxylation sites is 1. The van der Waals surface area contributed by atoms with E-state index in [4.69, 9.17) is 9.84 Å². The van der Waals surface area contributed by atoms with E-state index in [-0.39, 0.29) is 11.9 Å². The second-order valence-corrected chi connectivity index (χ2v) is 7.94. The van der Waals surface area contributed by atoms with Gasteiger partial charge in [0.1, 0.15) is 5.75 Å². The summed E-state index contributed by atoms with van der Waals surface area (Å²) in [5.74, 6) is -0.206. The summed E-state index contributed by atoms with van der Waals surface area (Å²) in [7, 11) is 0. The first-order chi connectivity index (χ1) is 16.7. The summed E-state index contributed by atoms with van der Waals surface area (Å²) in [6.07, 6.45) is 0.502. The molecule has 0 bridgehead atoms. The van der Waals surface area contributed by atoms with Crippen LogP contribution in [0.5, 0.6) is 5.75 Å². The molecule has 0 spiro atoms. The zero-order chi connectivity index (χ0) is 23.3. The molecular weight excluding hydrogens is 424 g/mol. The van der Waals surface area contributed by atoms with Crippen molar-refractivity contribution in [2.75, 3.05) is 0 Å². The van der Waals surface area contributed by atoms with Crippen LogP contribution in [0.4, 0.5) is 0 Å². The number of carbonyl (C=O) groups excluding carboxylic acids is 2. The van der Waals surface area contributed by atoms with Gasteiger partial charge in [-0.1, -0.05) is 78.9 Å². The Morgan fingerprint density at radius 3 is 1.94 bits per heavy atom. The minimum atomic E-state index is -0.441. The Morgan fingerprint density at radius 1 is 0.706 bits per heavy atom. The minimum Gasteiger partial charge on any atom is -0.422 e. The van der Waals surface area contributed by atoms with Crippen LogP contribution in [0.15, 0.2) is 120 Å². The van der Waals surface area contributed by atoms with Crippen LogP contribution < -0.4 is 4.74 Å². The molecule has 0 saturated carbocycles. The van der Waals surface area contributed by atoms with E-state index in [2.05, 4.69) is 0 Å². The van der Waals surface area contributed by atoms with Crippen LogP contribution in [0.1, 0.15) is 44.3 Å². The van der Waals surface area contributed by atoms with E-state index < -0.39 is 5.97 Å². The van der Waals surface area contributed by atoms with Gasteiger partial charge in [0.05, 0.1) is 17.3 Å². The van der Waals surface area contributed by atoms with Crippen molar-refractivity contribution in [1.82, 2.24) is 5.01 Å². The molecule has 0 aromatic heterocycles. The summed E-state index contributed by atoms with van der Waals surface area (Å²) in [5, 5.41) is 6.28. The average Bonchev–Trinajstić information content (AvgIpc) is 3.35. The van der Waals surface area contributed by atoms with Gasteiger partial charge < -0.3 is 4.74 Å².